The predicted molar refractivity (Wildman–Crippen MR) is 98.0 cm³/mol. The third-order valence-corrected chi connectivity index (χ3v) is 6.40. The Morgan fingerprint density at radius 3 is 2.48 bits per heavy atom. The number of piperidine rings is 1. The van der Waals surface area contributed by atoms with Gasteiger partial charge in [0, 0.05) is 16.5 Å². The average Bonchev–Trinajstić information content (AvgIpc) is 2.52. The summed E-state index contributed by atoms with van der Waals surface area (Å²) in [4.78, 5) is 2.76. The minimum absolute atomic E-state index is 0.584. The van der Waals surface area contributed by atoms with E-state index in [0.29, 0.717) is 11.5 Å². The highest BCUT2D eigenvalue weighted by atomic mass is 127. The highest BCUT2D eigenvalue weighted by Crippen LogP contribution is 2.51. The Hall–Kier alpha value is -0.130. The summed E-state index contributed by atoms with van der Waals surface area (Å²) in [6.07, 6.45) is 5.62. The van der Waals surface area contributed by atoms with Crippen molar-refractivity contribution in [3.8, 4) is 0 Å². The Bertz CT molecular complexity index is 434. The molecule has 0 radical (unpaired) electrons. The second-order valence-corrected chi connectivity index (χ2v) is 7.60. The molecule has 1 heterocycles. The van der Waals surface area contributed by atoms with Crippen LogP contribution in [-0.4, -0.2) is 35.0 Å². The Morgan fingerprint density at radius 1 is 1.24 bits per heavy atom. The summed E-state index contributed by atoms with van der Waals surface area (Å²) in [5.41, 5.74) is 2.16. The zero-order valence-electron chi connectivity index (χ0n) is 13.0. The van der Waals surface area contributed by atoms with E-state index in [2.05, 4.69) is 70.1 Å². The highest BCUT2D eigenvalue weighted by molar-refractivity contribution is 14.1. The predicted octanol–water partition coefficient (Wildman–Crippen LogP) is 4.02. The van der Waals surface area contributed by atoms with Gasteiger partial charge >= 0.3 is 0 Å². The summed E-state index contributed by atoms with van der Waals surface area (Å²) < 4.78 is 1.18. The molecule has 0 amide bonds. The summed E-state index contributed by atoms with van der Waals surface area (Å²) in [5, 5.41) is 3.51. The summed E-state index contributed by atoms with van der Waals surface area (Å²) >= 11 is 2.56. The third-order valence-electron chi connectivity index (χ3n) is 5.57. The monoisotopic (exact) mass is 398 g/mol. The molecule has 21 heavy (non-hydrogen) atoms. The van der Waals surface area contributed by atoms with Gasteiger partial charge in [-0.2, -0.15) is 0 Å². The van der Waals surface area contributed by atoms with Gasteiger partial charge in [-0.15, -0.1) is 0 Å². The molecule has 1 aliphatic carbocycles. The lowest BCUT2D eigenvalue weighted by molar-refractivity contribution is -0.0330. The van der Waals surface area contributed by atoms with Crippen molar-refractivity contribution in [1.82, 2.24) is 10.2 Å². The largest absolute Gasteiger partial charge is 0.317 e. The molecule has 1 spiro atoms. The van der Waals surface area contributed by atoms with Crippen LogP contribution in [0.4, 0.5) is 0 Å². The molecular formula is C18H27IN2. The van der Waals surface area contributed by atoms with Gasteiger partial charge in [0.1, 0.15) is 0 Å². The number of benzene rings is 1. The maximum absolute atomic E-state index is 3.51. The van der Waals surface area contributed by atoms with E-state index in [9.17, 15) is 0 Å². The first-order chi connectivity index (χ1) is 10.3. The second-order valence-electron chi connectivity index (χ2n) is 6.72. The first kappa shape index (κ1) is 15.8. The van der Waals surface area contributed by atoms with Gasteiger partial charge < -0.3 is 5.32 Å². The molecule has 1 saturated carbocycles. The lowest BCUT2D eigenvalue weighted by Crippen LogP contribution is -2.55. The van der Waals surface area contributed by atoms with Crippen LogP contribution in [0.3, 0.4) is 0 Å². The quantitative estimate of drug-likeness (QED) is 0.596. The molecule has 3 heteroatoms. The first-order valence-electron chi connectivity index (χ1n) is 8.35. The Morgan fingerprint density at radius 2 is 1.90 bits per heavy atom. The lowest BCUT2D eigenvalue weighted by Gasteiger charge is -2.55. The van der Waals surface area contributed by atoms with Crippen LogP contribution in [0.2, 0.25) is 0 Å². The van der Waals surface area contributed by atoms with Crippen molar-refractivity contribution in [1.29, 1.82) is 0 Å². The number of hydrogen-bond donors (Lipinski definition) is 1. The van der Waals surface area contributed by atoms with E-state index in [-0.39, 0.29) is 0 Å². The Kier molecular flexibility index (Phi) is 5.23. The fourth-order valence-electron chi connectivity index (χ4n) is 4.32. The molecule has 2 fully saturated rings. The van der Waals surface area contributed by atoms with Crippen LogP contribution in [0.5, 0.6) is 0 Å². The van der Waals surface area contributed by atoms with Gasteiger partial charge in [-0.25, -0.2) is 0 Å². The van der Waals surface area contributed by atoms with E-state index in [1.807, 2.05) is 0 Å². The van der Waals surface area contributed by atoms with Crippen LogP contribution in [0.1, 0.15) is 44.2 Å². The molecule has 0 aromatic heterocycles. The van der Waals surface area contributed by atoms with Crippen LogP contribution in [0, 0.1) is 5.41 Å². The van der Waals surface area contributed by atoms with E-state index in [0.717, 1.165) is 6.04 Å². The van der Waals surface area contributed by atoms with Crippen molar-refractivity contribution in [3.05, 3.63) is 35.9 Å². The van der Waals surface area contributed by atoms with Gasteiger partial charge in [0.25, 0.3) is 0 Å². The van der Waals surface area contributed by atoms with Crippen LogP contribution in [0.15, 0.2) is 30.3 Å². The standard InChI is InChI=1S/C18H27IN2/c1-2-21(17(14-19)15-6-4-3-5-7-15)16-12-18(13-16)8-10-20-11-9-18/h3-7,16-17,20H,2,8-14H2,1H3. The van der Waals surface area contributed by atoms with Crippen molar-refractivity contribution < 1.29 is 0 Å². The smallest absolute Gasteiger partial charge is 0.0440 e. The van der Waals surface area contributed by atoms with Gasteiger partial charge in [-0.05, 0) is 56.3 Å². The molecule has 2 nitrogen and oxygen atoms in total. The van der Waals surface area contributed by atoms with Gasteiger partial charge in [0.05, 0.1) is 0 Å². The fraction of sp³-hybridized carbons (Fsp3) is 0.667. The van der Waals surface area contributed by atoms with Crippen molar-refractivity contribution in [2.75, 3.05) is 24.1 Å². The van der Waals surface area contributed by atoms with Crippen molar-refractivity contribution >= 4 is 22.6 Å². The molecule has 1 atom stereocenters. The minimum atomic E-state index is 0.584. The number of hydrogen-bond acceptors (Lipinski definition) is 2. The Balaban J connectivity index is 1.67. The molecule has 3 rings (SSSR count). The molecule has 2 aliphatic rings. The second kappa shape index (κ2) is 6.97. The number of rotatable bonds is 5. The van der Waals surface area contributed by atoms with E-state index in [4.69, 9.17) is 0 Å². The number of nitrogens with one attached hydrogen (secondary N) is 1. The van der Waals surface area contributed by atoms with Gasteiger partial charge in [-0.3, -0.25) is 4.90 Å². The summed E-state index contributed by atoms with van der Waals surface area (Å²) in [6, 6.07) is 12.5. The van der Waals surface area contributed by atoms with Crippen LogP contribution in [-0.2, 0) is 0 Å². The molecule has 1 N–H and O–H groups in total. The van der Waals surface area contributed by atoms with Gasteiger partial charge in [-0.1, -0.05) is 59.8 Å². The van der Waals surface area contributed by atoms with E-state index in [1.54, 1.807) is 0 Å². The molecule has 1 saturated heterocycles. The van der Waals surface area contributed by atoms with Crippen LogP contribution in [0.25, 0.3) is 0 Å². The van der Waals surface area contributed by atoms with E-state index in [1.165, 1.54) is 55.3 Å². The zero-order valence-corrected chi connectivity index (χ0v) is 15.2. The molecular weight excluding hydrogens is 371 g/mol. The first-order valence-corrected chi connectivity index (χ1v) is 9.88. The molecule has 116 valence electrons. The van der Waals surface area contributed by atoms with Crippen molar-refractivity contribution in [2.24, 2.45) is 5.41 Å². The van der Waals surface area contributed by atoms with Crippen molar-refractivity contribution in [2.45, 2.75) is 44.7 Å². The molecule has 1 unspecified atom stereocenters. The zero-order chi connectivity index (χ0) is 14.7. The molecule has 1 aromatic carbocycles. The summed E-state index contributed by atoms with van der Waals surface area (Å²) in [7, 11) is 0. The summed E-state index contributed by atoms with van der Waals surface area (Å²) in [6.45, 7) is 5.96. The van der Waals surface area contributed by atoms with E-state index < -0.39 is 0 Å². The van der Waals surface area contributed by atoms with Gasteiger partial charge in [0.15, 0.2) is 0 Å². The fourth-order valence-corrected chi connectivity index (χ4v) is 5.33. The highest BCUT2D eigenvalue weighted by Gasteiger charge is 2.47. The van der Waals surface area contributed by atoms with Crippen LogP contribution >= 0.6 is 22.6 Å². The number of halogens is 1. The topological polar surface area (TPSA) is 15.3 Å². The SMILES string of the molecule is CCN(C1CC2(CCNCC2)C1)C(CI)c1ccccc1. The summed E-state index contributed by atoms with van der Waals surface area (Å²) in [5.74, 6) is 0. The molecule has 1 aliphatic heterocycles. The Labute approximate surface area is 142 Å². The van der Waals surface area contributed by atoms with Gasteiger partial charge in [0.2, 0.25) is 0 Å². The number of nitrogens with zero attached hydrogens (tertiary/aromatic N) is 1. The van der Waals surface area contributed by atoms with Crippen molar-refractivity contribution in [3.63, 3.8) is 0 Å². The van der Waals surface area contributed by atoms with Crippen LogP contribution < -0.4 is 5.32 Å². The molecule has 1 aromatic rings. The normalized spacial score (nSPS) is 23.2. The maximum atomic E-state index is 3.51. The lowest BCUT2D eigenvalue weighted by atomic mass is 9.60. The third kappa shape index (κ3) is 3.30. The number of alkyl halides is 1. The maximum Gasteiger partial charge on any atom is 0.0440 e. The molecule has 0 bridgehead atoms. The minimum Gasteiger partial charge on any atom is -0.317 e. The van der Waals surface area contributed by atoms with E-state index >= 15 is 0 Å². The average molecular weight is 398 g/mol.